The number of hydrogen-bond donors (Lipinski definition) is 6. The van der Waals surface area contributed by atoms with Gasteiger partial charge in [-0.25, -0.2) is 8.42 Å². The van der Waals surface area contributed by atoms with E-state index in [1.807, 2.05) is 36.5 Å². The molecule has 5 unspecified atom stereocenters. The fraction of sp³-hybridized carbons (Fsp3) is 0.514. The highest BCUT2D eigenvalue weighted by atomic mass is 35.5. The van der Waals surface area contributed by atoms with Crippen LogP contribution in [-0.4, -0.2) is 106 Å². The number of aliphatic hydroxyl groups excluding tert-OH is 5. The molecular formula is C37H46ClN3O10S. The first-order valence-electron chi connectivity index (χ1n) is 17.6. The van der Waals surface area contributed by atoms with Gasteiger partial charge in [-0.1, -0.05) is 29.8 Å². The minimum absolute atomic E-state index is 0.0607. The molecule has 3 aliphatic rings. The Kier molecular flexibility index (Phi) is 12.2. The lowest BCUT2D eigenvalue weighted by Gasteiger charge is -2.25. The quantitative estimate of drug-likeness (QED) is 0.111. The first kappa shape index (κ1) is 38.5. The van der Waals surface area contributed by atoms with Crippen LogP contribution >= 0.6 is 11.6 Å². The zero-order valence-corrected chi connectivity index (χ0v) is 30.3. The second-order valence-corrected chi connectivity index (χ2v) is 16.3. The van der Waals surface area contributed by atoms with Crippen molar-refractivity contribution in [2.75, 3.05) is 26.2 Å². The lowest BCUT2D eigenvalue weighted by atomic mass is 9.96. The lowest BCUT2D eigenvalue weighted by Crippen LogP contribution is -2.49. The summed E-state index contributed by atoms with van der Waals surface area (Å²) < 4.78 is 41.6. The number of carbonyl (C=O) groups excluding carboxylic acids is 1. The molecule has 1 saturated heterocycles. The number of ether oxygens (including phenoxy) is 2. The van der Waals surface area contributed by atoms with Crippen LogP contribution in [0.5, 0.6) is 5.75 Å². The summed E-state index contributed by atoms with van der Waals surface area (Å²) in [7, 11) is -3.87. The van der Waals surface area contributed by atoms with Crippen LogP contribution in [0.1, 0.15) is 56.1 Å². The number of nitrogens with one attached hydrogen (secondary N) is 1. The van der Waals surface area contributed by atoms with Crippen molar-refractivity contribution in [2.45, 2.75) is 92.6 Å². The van der Waals surface area contributed by atoms with Crippen molar-refractivity contribution >= 4 is 27.5 Å². The van der Waals surface area contributed by atoms with E-state index in [1.54, 1.807) is 18.3 Å². The number of carbonyl (C=O) groups is 1. The summed E-state index contributed by atoms with van der Waals surface area (Å²) in [5, 5.41) is 50.9. The smallest absolute Gasteiger partial charge is 0.243 e. The molecule has 0 radical (unpaired) electrons. The maximum atomic E-state index is 13.7. The Balaban J connectivity index is 1.05. The van der Waals surface area contributed by atoms with Crippen molar-refractivity contribution in [3.05, 3.63) is 77.1 Å². The van der Waals surface area contributed by atoms with Crippen LogP contribution in [0.25, 0.3) is 11.1 Å². The molecule has 3 fully saturated rings. The number of aromatic nitrogens is 1. The molecule has 3 aromatic rings. The molecule has 2 aromatic carbocycles. The highest BCUT2D eigenvalue weighted by molar-refractivity contribution is 7.89. The minimum atomic E-state index is -3.87. The highest BCUT2D eigenvalue weighted by Gasteiger charge is 2.48. The number of para-hydroxylation sites is 1. The van der Waals surface area contributed by atoms with Gasteiger partial charge >= 0.3 is 0 Å². The van der Waals surface area contributed by atoms with Gasteiger partial charge in [-0.3, -0.25) is 9.78 Å². The summed E-state index contributed by atoms with van der Waals surface area (Å²) >= 11 is 6.58. The van der Waals surface area contributed by atoms with Crippen molar-refractivity contribution in [1.82, 2.24) is 14.6 Å². The number of halogens is 1. The van der Waals surface area contributed by atoms with Gasteiger partial charge in [-0.2, -0.15) is 4.31 Å². The summed E-state index contributed by atoms with van der Waals surface area (Å²) in [6, 6.07) is 14.6. The number of amides is 1. The Hall–Kier alpha value is -3.18. The Morgan fingerprint density at radius 1 is 1.02 bits per heavy atom. The van der Waals surface area contributed by atoms with E-state index in [9.17, 15) is 33.6 Å². The second kappa shape index (κ2) is 16.5. The number of sulfonamides is 1. The number of rotatable bonds is 18. The van der Waals surface area contributed by atoms with Crippen molar-refractivity contribution in [2.24, 2.45) is 5.92 Å². The Bertz CT molecular complexity index is 1820. The van der Waals surface area contributed by atoms with E-state index >= 15 is 0 Å². The minimum Gasteiger partial charge on any atom is -0.490 e. The summed E-state index contributed by atoms with van der Waals surface area (Å²) in [6.07, 6.45) is 1.73. The van der Waals surface area contributed by atoms with Crippen LogP contribution in [-0.2, 0) is 31.8 Å². The van der Waals surface area contributed by atoms with Gasteiger partial charge in [-0.05, 0) is 85.9 Å². The molecule has 15 heteroatoms. The van der Waals surface area contributed by atoms with E-state index in [4.69, 9.17) is 26.2 Å². The van der Waals surface area contributed by atoms with Gasteiger partial charge in [0, 0.05) is 54.6 Å². The number of aliphatic hydroxyl groups is 5. The van der Waals surface area contributed by atoms with Crippen LogP contribution in [0.4, 0.5) is 0 Å². The van der Waals surface area contributed by atoms with Gasteiger partial charge in [-0.15, -0.1) is 0 Å². The van der Waals surface area contributed by atoms with Gasteiger partial charge < -0.3 is 40.3 Å². The molecule has 0 spiro atoms. The van der Waals surface area contributed by atoms with E-state index in [0.717, 1.165) is 48.1 Å². The summed E-state index contributed by atoms with van der Waals surface area (Å²) in [5.74, 6) is 0.331. The first-order chi connectivity index (χ1) is 24.9. The Morgan fingerprint density at radius 3 is 2.50 bits per heavy atom. The van der Waals surface area contributed by atoms with Crippen LogP contribution in [0.15, 0.2) is 65.8 Å². The van der Waals surface area contributed by atoms with Crippen LogP contribution in [0.2, 0.25) is 5.02 Å². The fourth-order valence-electron chi connectivity index (χ4n) is 6.52. The van der Waals surface area contributed by atoms with Crippen molar-refractivity contribution < 1.29 is 48.2 Å². The normalized spacial score (nSPS) is 20.9. The van der Waals surface area contributed by atoms with Crippen LogP contribution in [0.3, 0.4) is 0 Å². The van der Waals surface area contributed by atoms with E-state index in [2.05, 4.69) is 10.3 Å². The number of benzene rings is 2. The molecule has 5 atom stereocenters. The molecule has 282 valence electrons. The zero-order chi connectivity index (χ0) is 37.0. The van der Waals surface area contributed by atoms with E-state index < -0.39 is 52.6 Å². The average Bonchev–Trinajstić information content (AvgIpc) is 4.09. The Morgan fingerprint density at radius 2 is 1.77 bits per heavy atom. The van der Waals surface area contributed by atoms with Crippen molar-refractivity contribution in [3.63, 3.8) is 0 Å². The van der Waals surface area contributed by atoms with Crippen LogP contribution < -0.4 is 10.1 Å². The molecule has 1 aliphatic heterocycles. The SMILES string of the molecule is O=C(CCC1CCN(S(=O)(=O)c2ccc(Cl)c(COC3(c4cnccc4-c4ccccc4OC4CC4)CC3)c2)C1)NCC(O)C(O)C(O)C(O)CO. The molecule has 2 saturated carbocycles. The van der Waals surface area contributed by atoms with Crippen molar-refractivity contribution in [1.29, 1.82) is 0 Å². The number of hydrogen-bond acceptors (Lipinski definition) is 11. The molecule has 1 amide bonds. The van der Waals surface area contributed by atoms with E-state index in [1.165, 1.54) is 10.4 Å². The standard InChI is InChI=1S/C37H46ClN3O10S/c38-30-9-8-26(52(48,49)41-16-12-23(20-41)5-10-34(45)40-19-31(43)35(46)36(47)32(44)21-42)17-24(30)22-50-37(13-14-37)29-18-39-15-11-27(29)28-3-1-2-4-33(28)51-25-6-7-25/h1-4,8-9,11,15,17-18,23,25,31-32,35-36,42-44,46-47H,5-7,10,12-14,16,19-22H2,(H,40,45). The molecule has 6 rings (SSSR count). The fourth-order valence-corrected chi connectivity index (χ4v) is 8.27. The number of nitrogens with zero attached hydrogens (tertiary/aromatic N) is 2. The van der Waals surface area contributed by atoms with Gasteiger partial charge in [0.15, 0.2) is 0 Å². The Labute approximate surface area is 308 Å². The zero-order valence-electron chi connectivity index (χ0n) is 28.7. The maximum Gasteiger partial charge on any atom is 0.243 e. The molecule has 2 heterocycles. The predicted octanol–water partition coefficient (Wildman–Crippen LogP) is 2.49. The van der Waals surface area contributed by atoms with E-state index in [-0.39, 0.29) is 49.6 Å². The molecule has 52 heavy (non-hydrogen) atoms. The number of pyridine rings is 1. The van der Waals surface area contributed by atoms with Gasteiger partial charge in [0.05, 0.1) is 35.9 Å². The third kappa shape index (κ3) is 8.95. The van der Waals surface area contributed by atoms with Gasteiger partial charge in [0.2, 0.25) is 15.9 Å². The molecule has 13 nitrogen and oxygen atoms in total. The average molecular weight is 760 g/mol. The maximum absolute atomic E-state index is 13.7. The molecule has 6 N–H and O–H groups in total. The monoisotopic (exact) mass is 759 g/mol. The van der Waals surface area contributed by atoms with Crippen molar-refractivity contribution in [3.8, 4) is 16.9 Å². The first-order valence-corrected chi connectivity index (χ1v) is 19.5. The van der Waals surface area contributed by atoms with Crippen LogP contribution in [0, 0.1) is 5.92 Å². The molecule has 0 bridgehead atoms. The third-order valence-corrected chi connectivity index (χ3v) is 12.3. The molecule has 2 aliphatic carbocycles. The summed E-state index contributed by atoms with van der Waals surface area (Å²) in [6.45, 7) is -0.564. The van der Waals surface area contributed by atoms with E-state index in [0.29, 0.717) is 23.4 Å². The summed E-state index contributed by atoms with van der Waals surface area (Å²) in [5.41, 5.74) is 2.87. The van der Waals surface area contributed by atoms with Gasteiger partial charge in [0.25, 0.3) is 0 Å². The highest BCUT2D eigenvalue weighted by Crippen LogP contribution is 2.53. The third-order valence-electron chi connectivity index (χ3n) is 10.0. The molecule has 1 aromatic heterocycles. The summed E-state index contributed by atoms with van der Waals surface area (Å²) in [4.78, 5) is 16.9. The molecular weight excluding hydrogens is 714 g/mol. The topological polar surface area (TPSA) is 199 Å². The predicted molar refractivity (Wildman–Crippen MR) is 191 cm³/mol. The van der Waals surface area contributed by atoms with Gasteiger partial charge in [0.1, 0.15) is 24.1 Å². The largest absolute Gasteiger partial charge is 0.490 e. The lowest BCUT2D eigenvalue weighted by molar-refractivity contribution is -0.126. The second-order valence-electron chi connectivity index (χ2n) is 13.9.